The summed E-state index contributed by atoms with van der Waals surface area (Å²) in [7, 11) is 7.48. The average molecular weight is 214 g/mol. The van der Waals surface area contributed by atoms with Gasteiger partial charge in [-0.1, -0.05) is 6.07 Å². The van der Waals surface area contributed by atoms with Crippen molar-refractivity contribution in [1.82, 2.24) is 4.98 Å². The summed E-state index contributed by atoms with van der Waals surface area (Å²) in [6.45, 7) is 4.11. The number of anilines is 1. The molecule has 2 nitrogen and oxygen atoms in total. The fourth-order valence-corrected chi connectivity index (χ4v) is 1.65. The van der Waals surface area contributed by atoms with E-state index in [1.54, 1.807) is 0 Å². The fraction of sp³-hybridized carbons (Fsp3) is 0.444. The highest BCUT2D eigenvalue weighted by molar-refractivity contribution is 7.39. The number of hydrogen-bond acceptors (Lipinski definition) is 2. The maximum absolute atomic E-state index is 4.42. The zero-order valence-electron chi connectivity index (χ0n) is 8.26. The van der Waals surface area contributed by atoms with E-state index >= 15 is 0 Å². The van der Waals surface area contributed by atoms with Gasteiger partial charge in [0.15, 0.2) is 0 Å². The first-order valence-corrected chi connectivity index (χ1v) is 5.34. The lowest BCUT2D eigenvalue weighted by atomic mass is 10.1. The molecule has 0 radical (unpaired) electrons. The monoisotopic (exact) mass is 214 g/mol. The molecule has 0 aromatic carbocycles. The third kappa shape index (κ3) is 2.62. The summed E-state index contributed by atoms with van der Waals surface area (Å²) >= 11 is 0. The second-order valence-corrected chi connectivity index (χ2v) is 6.45. The Morgan fingerprint density at radius 3 is 2.46 bits per heavy atom. The van der Waals surface area contributed by atoms with E-state index in [9.17, 15) is 0 Å². The summed E-state index contributed by atoms with van der Waals surface area (Å²) in [5.41, 5.74) is 2.22. The fourth-order valence-electron chi connectivity index (χ4n) is 1.18. The van der Waals surface area contributed by atoms with E-state index in [-0.39, 0.29) is 4.90 Å². The van der Waals surface area contributed by atoms with Gasteiger partial charge in [-0.3, -0.25) is 0 Å². The van der Waals surface area contributed by atoms with Crippen LogP contribution in [-0.4, -0.2) is 12.0 Å². The molecule has 1 heterocycles. The number of pyridine rings is 1. The molecule has 4 heteroatoms. The van der Waals surface area contributed by atoms with E-state index in [1.165, 1.54) is 5.56 Å². The minimum absolute atomic E-state index is 0.0148. The lowest BCUT2D eigenvalue weighted by Crippen LogP contribution is -2.08. The first-order chi connectivity index (χ1) is 5.95. The molecule has 1 aromatic heterocycles. The maximum Gasteiger partial charge on any atom is 0.130 e. The van der Waals surface area contributed by atoms with Crippen LogP contribution in [0.3, 0.4) is 0 Å². The van der Waals surface area contributed by atoms with E-state index in [2.05, 4.69) is 41.8 Å². The van der Waals surface area contributed by atoms with Gasteiger partial charge >= 0.3 is 0 Å². The molecule has 0 fully saturated rings. The number of nitrogens with one attached hydrogen (secondary N) is 1. The Labute approximate surface area is 84.3 Å². The average Bonchev–Trinajstić information content (AvgIpc) is 2.01. The Balaban J connectivity index is 3.22. The molecule has 0 aliphatic heterocycles. The molecule has 72 valence electrons. The minimum Gasteiger partial charge on any atom is -0.373 e. The molecule has 13 heavy (non-hydrogen) atoms. The number of aromatic nitrogens is 1. The van der Waals surface area contributed by atoms with Crippen LogP contribution < -0.4 is 5.32 Å². The van der Waals surface area contributed by atoms with Gasteiger partial charge in [0, 0.05) is 23.2 Å². The predicted octanol–water partition coefficient (Wildman–Crippen LogP) is 2.35. The Morgan fingerprint density at radius 2 is 2.00 bits per heavy atom. The van der Waals surface area contributed by atoms with Gasteiger partial charge in [0.2, 0.25) is 0 Å². The molecule has 0 aliphatic carbocycles. The summed E-state index contributed by atoms with van der Waals surface area (Å²) < 4.78 is 0. The quantitative estimate of drug-likeness (QED) is 0.764. The predicted molar refractivity (Wildman–Crippen MR) is 65.3 cm³/mol. The minimum atomic E-state index is -0.0148. The molecule has 0 amide bonds. The smallest absolute Gasteiger partial charge is 0.130 e. The van der Waals surface area contributed by atoms with Gasteiger partial charge in [0.25, 0.3) is 0 Å². The number of nitrogens with zero attached hydrogens (tertiary/aromatic N) is 1. The molecule has 0 saturated heterocycles. The van der Waals surface area contributed by atoms with Crippen molar-refractivity contribution < 1.29 is 0 Å². The second kappa shape index (κ2) is 3.90. The van der Waals surface area contributed by atoms with Crippen LogP contribution >= 0.6 is 18.5 Å². The topological polar surface area (TPSA) is 24.9 Å². The molecule has 1 rings (SSSR count). The Morgan fingerprint density at radius 1 is 1.38 bits per heavy atom. The van der Waals surface area contributed by atoms with Crippen molar-refractivity contribution in [1.29, 1.82) is 0 Å². The largest absolute Gasteiger partial charge is 0.373 e. The Kier molecular flexibility index (Phi) is 3.27. The van der Waals surface area contributed by atoms with Gasteiger partial charge in [-0.25, -0.2) is 4.98 Å². The van der Waals surface area contributed by atoms with E-state index in [0.29, 0.717) is 0 Å². The summed E-state index contributed by atoms with van der Waals surface area (Å²) in [5.74, 6) is 0.951. The summed E-state index contributed by atoms with van der Waals surface area (Å²) in [4.78, 5) is 4.41. The van der Waals surface area contributed by atoms with Crippen LogP contribution in [0.4, 0.5) is 5.82 Å². The van der Waals surface area contributed by atoms with E-state index < -0.39 is 0 Å². The normalized spacial score (nSPS) is 11.5. The van der Waals surface area contributed by atoms with Crippen LogP contribution in [0.15, 0.2) is 12.1 Å². The zero-order valence-corrected chi connectivity index (χ0v) is 10.6. The molecule has 2 unspecified atom stereocenters. The first-order valence-electron chi connectivity index (χ1n) is 4.19. The van der Waals surface area contributed by atoms with Crippen LogP contribution in [0.1, 0.15) is 18.2 Å². The maximum atomic E-state index is 4.42. The van der Waals surface area contributed by atoms with E-state index in [1.807, 2.05) is 20.0 Å². The third-order valence-electron chi connectivity index (χ3n) is 1.85. The molecular weight excluding hydrogens is 198 g/mol. The lowest BCUT2D eigenvalue weighted by molar-refractivity contribution is 0.988. The van der Waals surface area contributed by atoms with Crippen molar-refractivity contribution in [3.63, 3.8) is 0 Å². The van der Waals surface area contributed by atoms with E-state index in [4.69, 9.17) is 0 Å². The number of hydrogen-bond donors (Lipinski definition) is 1. The van der Waals surface area contributed by atoms with Crippen molar-refractivity contribution >= 4 is 24.3 Å². The van der Waals surface area contributed by atoms with Crippen molar-refractivity contribution in [2.45, 2.75) is 18.7 Å². The zero-order chi connectivity index (χ0) is 10.1. The second-order valence-electron chi connectivity index (χ2n) is 3.38. The van der Waals surface area contributed by atoms with Gasteiger partial charge in [0.1, 0.15) is 5.82 Å². The molecule has 0 bridgehead atoms. The van der Waals surface area contributed by atoms with Crippen LogP contribution in [0.2, 0.25) is 0 Å². The van der Waals surface area contributed by atoms with Gasteiger partial charge in [0.05, 0.1) is 0 Å². The SMILES string of the molecule is CNc1nc(C)ccc1C(C)(P)P. The standard InChI is InChI=1S/C9H16N2P2/c1-6-4-5-7(9(2,12)13)8(10-3)11-6/h4-5H,12-13H2,1-3H3,(H,10,11). The lowest BCUT2D eigenvalue weighted by Gasteiger charge is -2.21. The highest BCUT2D eigenvalue weighted by Gasteiger charge is 2.18. The van der Waals surface area contributed by atoms with Gasteiger partial charge in [-0.05, 0) is 19.9 Å². The van der Waals surface area contributed by atoms with Crippen LogP contribution in [0.25, 0.3) is 0 Å². The molecule has 1 N–H and O–H groups in total. The highest BCUT2D eigenvalue weighted by atomic mass is 31.1. The van der Waals surface area contributed by atoms with Crippen LogP contribution in [0, 0.1) is 6.92 Å². The van der Waals surface area contributed by atoms with Crippen molar-refractivity contribution in [2.75, 3.05) is 12.4 Å². The Bertz CT molecular complexity index is 305. The van der Waals surface area contributed by atoms with Crippen molar-refractivity contribution in [2.24, 2.45) is 0 Å². The highest BCUT2D eigenvalue weighted by Crippen LogP contribution is 2.40. The molecule has 0 aliphatic rings. The summed E-state index contributed by atoms with van der Waals surface area (Å²) in [6.07, 6.45) is 0. The Hall–Kier alpha value is -0.190. The molecular formula is C9H16N2P2. The number of aryl methyl sites for hydroxylation is 1. The summed E-state index contributed by atoms with van der Waals surface area (Å²) in [5, 5.41) is 3.11. The summed E-state index contributed by atoms with van der Waals surface area (Å²) in [6, 6.07) is 4.14. The first kappa shape index (κ1) is 10.9. The van der Waals surface area contributed by atoms with Gasteiger partial charge in [-0.15, -0.1) is 18.5 Å². The van der Waals surface area contributed by atoms with Crippen LogP contribution in [0.5, 0.6) is 0 Å². The third-order valence-corrected chi connectivity index (χ3v) is 2.47. The van der Waals surface area contributed by atoms with Crippen molar-refractivity contribution in [3.8, 4) is 0 Å². The van der Waals surface area contributed by atoms with Crippen molar-refractivity contribution in [3.05, 3.63) is 23.4 Å². The molecule has 0 saturated carbocycles. The molecule has 2 atom stereocenters. The molecule has 1 aromatic rings. The number of rotatable bonds is 2. The van der Waals surface area contributed by atoms with Gasteiger partial charge < -0.3 is 5.32 Å². The van der Waals surface area contributed by atoms with Crippen LogP contribution in [-0.2, 0) is 4.90 Å². The van der Waals surface area contributed by atoms with E-state index in [0.717, 1.165) is 11.5 Å². The molecule has 0 spiro atoms. The van der Waals surface area contributed by atoms with Gasteiger partial charge in [-0.2, -0.15) is 0 Å².